The van der Waals surface area contributed by atoms with Crippen molar-refractivity contribution in [2.45, 2.75) is 50.9 Å². The van der Waals surface area contributed by atoms with Crippen LogP contribution in [0.3, 0.4) is 0 Å². The van der Waals surface area contributed by atoms with Gasteiger partial charge in [0.2, 0.25) is 5.82 Å². The Morgan fingerprint density at radius 1 is 1.34 bits per heavy atom. The normalized spacial score (nSPS) is 24.1. The molecule has 9 heteroatoms. The van der Waals surface area contributed by atoms with Gasteiger partial charge in [-0.15, -0.1) is 0 Å². The third kappa shape index (κ3) is 4.32. The van der Waals surface area contributed by atoms with Gasteiger partial charge in [-0.3, -0.25) is 9.78 Å². The fraction of sp³-hybridized carbons (Fsp3) is 0.478. The van der Waals surface area contributed by atoms with Crippen LogP contribution in [0.5, 0.6) is 5.75 Å². The molecule has 3 rings (SSSR count). The minimum Gasteiger partial charge on any atom is -0.493 e. The number of methoxy groups -OCH3 is 1. The summed E-state index contributed by atoms with van der Waals surface area (Å²) in [5, 5.41) is 22.3. The van der Waals surface area contributed by atoms with Gasteiger partial charge in [0.1, 0.15) is 11.7 Å². The van der Waals surface area contributed by atoms with Crippen LogP contribution in [-0.4, -0.2) is 46.5 Å². The van der Waals surface area contributed by atoms with E-state index in [0.717, 1.165) is 6.07 Å². The zero-order valence-corrected chi connectivity index (χ0v) is 18.6. The summed E-state index contributed by atoms with van der Waals surface area (Å²) < 4.78 is 39.4. The lowest BCUT2D eigenvalue weighted by molar-refractivity contribution is -0.131. The van der Waals surface area contributed by atoms with Gasteiger partial charge in [-0.2, -0.15) is 4.39 Å². The van der Waals surface area contributed by atoms with Crippen LogP contribution in [0.15, 0.2) is 30.5 Å². The van der Waals surface area contributed by atoms with Gasteiger partial charge in [0.25, 0.3) is 5.91 Å². The molecular weight excluding hydrogens is 422 g/mol. The summed E-state index contributed by atoms with van der Waals surface area (Å²) in [6, 6.07) is 5.40. The third-order valence-electron chi connectivity index (χ3n) is 6.18. The highest BCUT2D eigenvalue weighted by Gasteiger charge is 2.51. The number of nitrogens with one attached hydrogen (secondary N) is 1. The van der Waals surface area contributed by atoms with Crippen LogP contribution in [0.1, 0.15) is 44.9 Å². The second kappa shape index (κ2) is 8.73. The number of aliphatic hydroxyl groups is 2. The first-order chi connectivity index (χ1) is 14.9. The molecule has 0 unspecified atom stereocenters. The Bertz CT molecular complexity index is 1010. The van der Waals surface area contributed by atoms with Gasteiger partial charge >= 0.3 is 0 Å². The number of carbonyl (C=O) groups excluding carboxylic acids is 1. The van der Waals surface area contributed by atoms with Crippen molar-refractivity contribution in [1.82, 2.24) is 4.98 Å². The van der Waals surface area contributed by atoms with Gasteiger partial charge in [-0.05, 0) is 44.9 Å². The molecule has 0 spiro atoms. The van der Waals surface area contributed by atoms with Gasteiger partial charge in [-0.25, -0.2) is 4.39 Å². The van der Waals surface area contributed by atoms with Gasteiger partial charge < -0.3 is 25.0 Å². The molecule has 1 aliphatic heterocycles. The molecule has 1 aliphatic rings. The molecule has 2 aromatic rings. The first-order valence-corrected chi connectivity index (χ1v) is 10.2. The van der Waals surface area contributed by atoms with Crippen molar-refractivity contribution in [1.29, 1.82) is 0 Å². The maximum Gasteiger partial charge on any atom is 0.254 e. The molecule has 1 fully saturated rings. The largest absolute Gasteiger partial charge is 0.493 e. The van der Waals surface area contributed by atoms with E-state index in [1.54, 1.807) is 0 Å². The zero-order valence-electron chi connectivity index (χ0n) is 18.6. The Morgan fingerprint density at radius 3 is 2.66 bits per heavy atom. The molecule has 0 radical (unpaired) electrons. The van der Waals surface area contributed by atoms with E-state index in [0.29, 0.717) is 11.3 Å². The quantitative estimate of drug-likeness (QED) is 0.625. The molecule has 1 aromatic carbocycles. The van der Waals surface area contributed by atoms with E-state index in [1.807, 2.05) is 20.8 Å². The predicted molar refractivity (Wildman–Crippen MR) is 113 cm³/mol. The van der Waals surface area contributed by atoms with E-state index in [-0.39, 0.29) is 17.4 Å². The summed E-state index contributed by atoms with van der Waals surface area (Å²) in [4.78, 5) is 17.3. The molecule has 0 aliphatic carbocycles. The SMILES string of the molecule is COc1c([C@H]2[C@H](C(=O)Nc3ccnc([C@@](C)(O)CO)c3)OC(C)(C)[C@H]2C)ccc(F)c1F. The molecular formula is C23H28F2N2O5. The van der Waals surface area contributed by atoms with E-state index >= 15 is 0 Å². The molecule has 32 heavy (non-hydrogen) atoms. The summed E-state index contributed by atoms with van der Waals surface area (Å²) in [6.07, 6.45) is 0.376. The Hall–Kier alpha value is -2.62. The lowest BCUT2D eigenvalue weighted by Crippen LogP contribution is -2.33. The van der Waals surface area contributed by atoms with E-state index in [1.165, 1.54) is 38.4 Å². The van der Waals surface area contributed by atoms with Crippen molar-refractivity contribution in [3.8, 4) is 5.75 Å². The lowest BCUT2D eigenvalue weighted by atomic mass is 9.78. The molecule has 7 nitrogen and oxygen atoms in total. The second-order valence-corrected chi connectivity index (χ2v) is 8.79. The fourth-order valence-electron chi connectivity index (χ4n) is 3.97. The maximum absolute atomic E-state index is 14.4. The monoisotopic (exact) mass is 450 g/mol. The van der Waals surface area contributed by atoms with Crippen LogP contribution < -0.4 is 10.1 Å². The molecule has 0 bridgehead atoms. The van der Waals surface area contributed by atoms with Gasteiger partial charge in [0, 0.05) is 23.4 Å². The maximum atomic E-state index is 14.4. The average molecular weight is 450 g/mol. The van der Waals surface area contributed by atoms with E-state index in [4.69, 9.17) is 9.47 Å². The van der Waals surface area contributed by atoms with Crippen molar-refractivity contribution in [2.24, 2.45) is 5.92 Å². The lowest BCUT2D eigenvalue weighted by Gasteiger charge is -2.26. The number of rotatable bonds is 6. The summed E-state index contributed by atoms with van der Waals surface area (Å²) in [7, 11) is 1.24. The number of hydrogen-bond donors (Lipinski definition) is 3. The van der Waals surface area contributed by atoms with Crippen molar-refractivity contribution in [3.63, 3.8) is 0 Å². The fourth-order valence-corrected chi connectivity index (χ4v) is 3.97. The van der Waals surface area contributed by atoms with Gasteiger partial charge in [-0.1, -0.05) is 13.0 Å². The second-order valence-electron chi connectivity index (χ2n) is 8.79. The van der Waals surface area contributed by atoms with E-state index < -0.39 is 47.4 Å². The standard InChI is InChI=1S/C23H28F2N2O5/c1-12-17(14-6-7-15(24)18(25)19(14)31-5)20(32-22(12,2)3)21(29)27-13-8-9-26-16(10-13)23(4,30)11-28/h6-10,12,17,20,28,30H,11H2,1-5H3,(H,26,27,29)/t12-,17-,20+,23-/m0/s1. The number of aliphatic hydroxyl groups excluding tert-OH is 1. The molecule has 0 saturated carbocycles. The van der Waals surface area contributed by atoms with Crippen molar-refractivity contribution < 1.29 is 33.3 Å². The predicted octanol–water partition coefficient (Wildman–Crippen LogP) is 3.10. The van der Waals surface area contributed by atoms with Gasteiger partial charge in [0.05, 0.1) is 25.0 Å². The number of pyridine rings is 1. The van der Waals surface area contributed by atoms with Crippen LogP contribution in [0.4, 0.5) is 14.5 Å². The van der Waals surface area contributed by atoms with E-state index in [2.05, 4.69) is 10.3 Å². The number of amides is 1. The summed E-state index contributed by atoms with van der Waals surface area (Å²) >= 11 is 0. The minimum atomic E-state index is -1.58. The topological polar surface area (TPSA) is 101 Å². The van der Waals surface area contributed by atoms with Crippen LogP contribution in [0, 0.1) is 17.6 Å². The van der Waals surface area contributed by atoms with E-state index in [9.17, 15) is 23.8 Å². The molecule has 1 amide bonds. The number of hydrogen-bond acceptors (Lipinski definition) is 6. The van der Waals surface area contributed by atoms with Crippen LogP contribution in [0.2, 0.25) is 0 Å². The first-order valence-electron chi connectivity index (χ1n) is 10.2. The van der Waals surface area contributed by atoms with Crippen LogP contribution >= 0.6 is 0 Å². The van der Waals surface area contributed by atoms with Gasteiger partial charge in [0.15, 0.2) is 11.6 Å². The Labute approximate surface area is 185 Å². The third-order valence-corrected chi connectivity index (χ3v) is 6.18. The minimum absolute atomic E-state index is 0.178. The average Bonchev–Trinajstić information content (AvgIpc) is 2.99. The molecule has 3 N–H and O–H groups in total. The number of anilines is 1. The molecule has 1 aromatic heterocycles. The number of carbonyl (C=O) groups is 1. The number of halogens is 2. The smallest absolute Gasteiger partial charge is 0.254 e. The first kappa shape index (κ1) is 24.0. The van der Waals surface area contributed by atoms with Crippen LogP contribution in [-0.2, 0) is 15.1 Å². The van der Waals surface area contributed by atoms with Crippen molar-refractivity contribution in [2.75, 3.05) is 19.0 Å². The molecule has 1 saturated heterocycles. The van der Waals surface area contributed by atoms with Crippen LogP contribution in [0.25, 0.3) is 0 Å². The molecule has 2 heterocycles. The Balaban J connectivity index is 1.97. The van der Waals surface area contributed by atoms with Crippen molar-refractivity contribution >= 4 is 11.6 Å². The summed E-state index contributed by atoms with van der Waals surface area (Å²) in [5.41, 5.74) is -1.46. The summed E-state index contributed by atoms with van der Waals surface area (Å²) in [5.74, 6) is -3.77. The van der Waals surface area contributed by atoms with Crippen molar-refractivity contribution in [3.05, 3.63) is 53.4 Å². The highest BCUT2D eigenvalue weighted by molar-refractivity contribution is 5.95. The molecule has 4 atom stereocenters. The number of benzene rings is 1. The highest BCUT2D eigenvalue weighted by atomic mass is 19.2. The highest BCUT2D eigenvalue weighted by Crippen LogP contribution is 2.49. The number of ether oxygens (including phenoxy) is 2. The summed E-state index contributed by atoms with van der Waals surface area (Å²) in [6.45, 7) is 6.38. The Morgan fingerprint density at radius 2 is 2.03 bits per heavy atom. The number of aromatic nitrogens is 1. The number of nitrogens with zero attached hydrogens (tertiary/aromatic N) is 1. The zero-order chi connectivity index (χ0) is 23.8. The molecule has 174 valence electrons. The Kier molecular flexibility index (Phi) is 6.55.